The van der Waals surface area contributed by atoms with Crippen molar-refractivity contribution in [3.05, 3.63) is 23.8 Å². The summed E-state index contributed by atoms with van der Waals surface area (Å²) in [4.78, 5) is 10.7. The van der Waals surface area contributed by atoms with Gasteiger partial charge in [-0.3, -0.25) is 4.55 Å². The summed E-state index contributed by atoms with van der Waals surface area (Å²) in [7, 11) is -4.09. The molecule has 0 saturated heterocycles. The number of benzene rings is 1. The summed E-state index contributed by atoms with van der Waals surface area (Å²) < 4.78 is 29.2. The average Bonchev–Trinajstić information content (AvgIpc) is 2.37. The van der Waals surface area contributed by atoms with E-state index in [1.807, 2.05) is 13.8 Å². The molecule has 1 rings (SSSR count). The van der Waals surface area contributed by atoms with Crippen molar-refractivity contribution in [3.8, 4) is 5.75 Å². The van der Waals surface area contributed by atoms with E-state index in [-0.39, 0.29) is 17.8 Å². The van der Waals surface area contributed by atoms with Gasteiger partial charge in [0.1, 0.15) is 11.3 Å². The molecular weight excluding hydrogens is 288 g/mol. The van der Waals surface area contributed by atoms with Crippen molar-refractivity contribution in [1.82, 2.24) is 0 Å². The van der Waals surface area contributed by atoms with Gasteiger partial charge < -0.3 is 10.2 Å². The Morgan fingerprint density at radius 1 is 1.30 bits per heavy atom. The number of hydrogen-bond acceptors (Lipinski definition) is 6. The number of hydrogen-bond donors (Lipinski definition) is 3. The van der Waals surface area contributed by atoms with Crippen LogP contribution in [0.3, 0.4) is 0 Å². The highest BCUT2D eigenvalue weighted by Crippen LogP contribution is 2.23. The zero-order valence-corrected chi connectivity index (χ0v) is 11.8. The lowest BCUT2D eigenvalue weighted by Gasteiger charge is -1.99. The molecule has 0 atom stereocenters. The van der Waals surface area contributed by atoms with Crippen LogP contribution in [0.25, 0.3) is 0 Å². The molecule has 0 spiro atoms. The molecule has 0 saturated carbocycles. The van der Waals surface area contributed by atoms with Crippen molar-refractivity contribution in [2.24, 2.45) is 10.2 Å². The molecule has 0 fully saturated rings. The number of phenols is 1. The van der Waals surface area contributed by atoms with E-state index in [9.17, 15) is 18.3 Å². The van der Waals surface area contributed by atoms with Crippen LogP contribution < -0.4 is 0 Å². The Kier molecular flexibility index (Phi) is 7.40. The molecule has 0 aromatic heterocycles. The van der Waals surface area contributed by atoms with Gasteiger partial charge in [-0.25, -0.2) is 4.79 Å². The first-order valence-corrected chi connectivity index (χ1v) is 7.29. The lowest BCUT2D eigenvalue weighted by molar-refractivity contribution is 0.0693. The minimum Gasteiger partial charge on any atom is -0.507 e. The fraction of sp³-hybridized carbons (Fsp3) is 0.364. The van der Waals surface area contributed by atoms with Crippen LogP contribution >= 0.6 is 0 Å². The Bertz CT molecular complexity index is 583. The maximum absolute atomic E-state index is 10.7. The molecule has 0 aliphatic heterocycles. The van der Waals surface area contributed by atoms with Crippen molar-refractivity contribution in [2.45, 2.75) is 13.8 Å². The predicted octanol–water partition coefficient (Wildman–Crippen LogP) is 2.09. The lowest BCUT2D eigenvalue weighted by atomic mass is 10.2. The first-order chi connectivity index (χ1) is 9.29. The molecule has 0 amide bonds. The Morgan fingerprint density at radius 3 is 2.40 bits per heavy atom. The highest BCUT2D eigenvalue weighted by atomic mass is 32.2. The third-order valence-electron chi connectivity index (χ3n) is 1.85. The number of aromatic carboxylic acids is 1. The third-order valence-corrected chi connectivity index (χ3v) is 2.54. The monoisotopic (exact) mass is 304 g/mol. The Hall–Kier alpha value is -2.00. The van der Waals surface area contributed by atoms with Crippen LogP contribution in [0.4, 0.5) is 5.69 Å². The van der Waals surface area contributed by atoms with Gasteiger partial charge in [-0.15, -0.1) is 0 Å². The smallest absolute Gasteiger partial charge is 0.339 e. The van der Waals surface area contributed by atoms with Gasteiger partial charge in [0.15, 0.2) is 0 Å². The topological polar surface area (TPSA) is 137 Å². The molecule has 1 aromatic carbocycles. The number of nitrogens with zero attached hydrogens (tertiary/aromatic N) is 2. The van der Waals surface area contributed by atoms with Crippen LogP contribution in [0, 0.1) is 0 Å². The van der Waals surface area contributed by atoms with E-state index in [0.29, 0.717) is 0 Å². The molecule has 0 bridgehead atoms. The van der Waals surface area contributed by atoms with Crippen LogP contribution in [0.1, 0.15) is 24.2 Å². The van der Waals surface area contributed by atoms with Crippen LogP contribution in [0.5, 0.6) is 5.75 Å². The maximum atomic E-state index is 10.7. The molecule has 1 aromatic rings. The second kappa shape index (κ2) is 8.23. The number of azo groups is 1. The molecule has 3 N–H and O–H groups in total. The van der Waals surface area contributed by atoms with E-state index < -0.39 is 27.6 Å². The fourth-order valence-corrected chi connectivity index (χ4v) is 1.36. The summed E-state index contributed by atoms with van der Waals surface area (Å²) in [6.07, 6.45) is 0. The molecular formula is C11H16N2O6S. The van der Waals surface area contributed by atoms with Gasteiger partial charge in [0.25, 0.3) is 10.1 Å². The summed E-state index contributed by atoms with van der Waals surface area (Å²) in [6, 6.07) is 3.55. The second-order valence-electron chi connectivity index (χ2n) is 3.26. The largest absolute Gasteiger partial charge is 0.507 e. The van der Waals surface area contributed by atoms with Gasteiger partial charge >= 0.3 is 5.97 Å². The van der Waals surface area contributed by atoms with Crippen molar-refractivity contribution in [1.29, 1.82) is 0 Å². The maximum Gasteiger partial charge on any atom is 0.339 e. The lowest BCUT2D eigenvalue weighted by Crippen LogP contribution is -2.05. The molecule has 8 nitrogen and oxygen atoms in total. The minimum atomic E-state index is -4.09. The van der Waals surface area contributed by atoms with Gasteiger partial charge in [0.2, 0.25) is 0 Å². The molecule has 0 radical (unpaired) electrons. The first-order valence-electron chi connectivity index (χ1n) is 5.68. The summed E-state index contributed by atoms with van der Waals surface area (Å²) in [5.41, 5.74) is -0.179. The molecule has 0 unspecified atom stereocenters. The van der Waals surface area contributed by atoms with Gasteiger partial charge in [-0.1, -0.05) is 13.8 Å². The van der Waals surface area contributed by atoms with Crippen LogP contribution in [-0.2, 0) is 10.1 Å². The Balaban J connectivity index is 0.00000172. The van der Waals surface area contributed by atoms with Crippen molar-refractivity contribution in [3.63, 3.8) is 0 Å². The predicted molar refractivity (Wildman–Crippen MR) is 72.2 cm³/mol. The third kappa shape index (κ3) is 6.81. The second-order valence-corrected chi connectivity index (χ2v) is 4.83. The molecule has 0 heterocycles. The number of carbonyl (C=O) groups is 1. The zero-order chi connectivity index (χ0) is 15.8. The van der Waals surface area contributed by atoms with E-state index in [0.717, 1.165) is 12.1 Å². The van der Waals surface area contributed by atoms with E-state index >= 15 is 0 Å². The SMILES string of the molecule is CC.O=C(O)c1cc(N=NCCS(=O)(=O)O)ccc1O. The Morgan fingerprint density at radius 2 is 1.90 bits per heavy atom. The number of aromatic hydroxyl groups is 1. The normalized spacial score (nSPS) is 10.9. The van der Waals surface area contributed by atoms with E-state index in [4.69, 9.17) is 9.66 Å². The van der Waals surface area contributed by atoms with Gasteiger partial charge in [0.05, 0.1) is 18.0 Å². The summed E-state index contributed by atoms with van der Waals surface area (Å²) in [5, 5.41) is 25.0. The van der Waals surface area contributed by atoms with Crippen LogP contribution in [-0.4, -0.2) is 41.5 Å². The number of carboxylic acid groups (broad SMARTS) is 1. The van der Waals surface area contributed by atoms with Gasteiger partial charge in [0, 0.05) is 0 Å². The standard InChI is InChI=1S/C9H10N2O6S.C2H6/c12-8-2-1-6(5-7(8)9(13)14)11-10-3-4-18(15,16)17;1-2/h1-2,5,12H,3-4H2,(H,13,14)(H,15,16,17);1-2H3. The highest BCUT2D eigenvalue weighted by molar-refractivity contribution is 7.85. The average molecular weight is 304 g/mol. The number of carboxylic acids is 1. The number of rotatable bonds is 5. The van der Waals surface area contributed by atoms with Crippen LogP contribution in [0.2, 0.25) is 0 Å². The molecule has 20 heavy (non-hydrogen) atoms. The quantitative estimate of drug-likeness (QED) is 0.562. The molecule has 9 heteroatoms. The van der Waals surface area contributed by atoms with Gasteiger partial charge in [-0.2, -0.15) is 18.6 Å². The summed E-state index contributed by atoms with van der Waals surface area (Å²) in [6.45, 7) is 3.75. The summed E-state index contributed by atoms with van der Waals surface area (Å²) >= 11 is 0. The van der Waals surface area contributed by atoms with Gasteiger partial charge in [-0.05, 0) is 18.2 Å². The van der Waals surface area contributed by atoms with E-state index in [1.54, 1.807) is 0 Å². The molecule has 0 aliphatic rings. The van der Waals surface area contributed by atoms with Crippen molar-refractivity contribution < 1.29 is 28.0 Å². The molecule has 112 valence electrons. The molecule has 0 aliphatic carbocycles. The van der Waals surface area contributed by atoms with E-state index in [1.165, 1.54) is 6.07 Å². The van der Waals surface area contributed by atoms with Crippen molar-refractivity contribution in [2.75, 3.05) is 12.3 Å². The van der Waals surface area contributed by atoms with Crippen LogP contribution in [0.15, 0.2) is 28.4 Å². The first kappa shape index (κ1) is 18.0. The fourth-order valence-electron chi connectivity index (χ4n) is 1.05. The summed E-state index contributed by atoms with van der Waals surface area (Å²) in [5.74, 6) is -2.29. The van der Waals surface area contributed by atoms with Crippen molar-refractivity contribution >= 4 is 21.8 Å². The van der Waals surface area contributed by atoms with E-state index in [2.05, 4.69) is 10.2 Å². The Labute approximate surface area is 116 Å². The zero-order valence-electron chi connectivity index (χ0n) is 11.0. The highest BCUT2D eigenvalue weighted by Gasteiger charge is 2.09. The minimum absolute atomic E-state index is 0.153.